The lowest BCUT2D eigenvalue weighted by atomic mass is 10.1. The molecule has 0 fully saturated rings. The largest absolute Gasteiger partial charge is 0.370 e. The smallest absolute Gasteiger partial charge is 0.217 e. The fourth-order valence-electron chi connectivity index (χ4n) is 2.90. The molecule has 21 heavy (non-hydrogen) atoms. The lowest BCUT2D eigenvalue weighted by molar-refractivity contribution is -0.118. The zero-order valence-electron chi connectivity index (χ0n) is 11.6. The number of benzene rings is 2. The van der Waals surface area contributed by atoms with Crippen molar-refractivity contribution in [2.75, 3.05) is 5.75 Å². The van der Waals surface area contributed by atoms with Gasteiger partial charge in [-0.3, -0.25) is 9.00 Å². The lowest BCUT2D eigenvalue weighted by Gasteiger charge is -2.13. The topological polar surface area (TPSA) is 60.2 Å². The van der Waals surface area contributed by atoms with Crippen molar-refractivity contribution in [3.63, 3.8) is 0 Å². The molecule has 0 heterocycles. The zero-order chi connectivity index (χ0) is 14.8. The molecule has 108 valence electrons. The molecule has 4 heteroatoms. The molecule has 1 aliphatic rings. The van der Waals surface area contributed by atoms with Gasteiger partial charge in [0.05, 0.1) is 5.25 Å². The monoisotopic (exact) mass is 299 g/mol. The van der Waals surface area contributed by atoms with E-state index in [4.69, 9.17) is 5.73 Å². The molecule has 0 spiro atoms. The molecule has 3 rings (SSSR count). The first-order valence-electron chi connectivity index (χ1n) is 7.02. The number of carbonyl (C=O) groups is 1. The van der Waals surface area contributed by atoms with E-state index < -0.39 is 10.8 Å². The predicted molar refractivity (Wildman–Crippen MR) is 85.2 cm³/mol. The summed E-state index contributed by atoms with van der Waals surface area (Å²) in [5, 5.41) is -0.0923. The SMILES string of the molecule is NC(=O)CCCS(=O)C1c2ccccc2-c2ccccc21. The molecule has 1 atom stereocenters. The highest BCUT2D eigenvalue weighted by atomic mass is 32.2. The van der Waals surface area contributed by atoms with E-state index >= 15 is 0 Å². The third kappa shape index (κ3) is 2.63. The first kappa shape index (κ1) is 14.0. The Morgan fingerprint density at radius 1 is 1.00 bits per heavy atom. The van der Waals surface area contributed by atoms with Gasteiger partial charge in [-0.05, 0) is 28.7 Å². The van der Waals surface area contributed by atoms with E-state index in [-0.39, 0.29) is 11.2 Å². The van der Waals surface area contributed by atoms with Gasteiger partial charge in [-0.15, -0.1) is 0 Å². The molecule has 0 saturated heterocycles. The maximum absolute atomic E-state index is 12.7. The Morgan fingerprint density at radius 3 is 2.05 bits per heavy atom. The summed E-state index contributed by atoms with van der Waals surface area (Å²) in [5.41, 5.74) is 9.73. The van der Waals surface area contributed by atoms with E-state index in [1.54, 1.807) is 0 Å². The quantitative estimate of drug-likeness (QED) is 0.923. The van der Waals surface area contributed by atoms with Gasteiger partial charge in [-0.1, -0.05) is 48.5 Å². The van der Waals surface area contributed by atoms with Crippen LogP contribution < -0.4 is 5.73 Å². The predicted octanol–water partition coefficient (Wildman–Crippen LogP) is 2.77. The van der Waals surface area contributed by atoms with Crippen molar-refractivity contribution in [3.8, 4) is 11.1 Å². The molecule has 0 bridgehead atoms. The molecular formula is C17H17NO2S. The third-order valence-corrected chi connectivity index (χ3v) is 5.53. The Balaban J connectivity index is 1.91. The van der Waals surface area contributed by atoms with Gasteiger partial charge in [-0.25, -0.2) is 0 Å². The van der Waals surface area contributed by atoms with Gasteiger partial charge in [0.2, 0.25) is 5.91 Å². The van der Waals surface area contributed by atoms with Crippen molar-refractivity contribution in [1.82, 2.24) is 0 Å². The van der Waals surface area contributed by atoms with Crippen molar-refractivity contribution in [1.29, 1.82) is 0 Å². The second-order valence-electron chi connectivity index (χ2n) is 5.21. The minimum absolute atomic E-state index is 0.0923. The number of nitrogens with two attached hydrogens (primary N) is 1. The molecule has 0 aromatic heterocycles. The van der Waals surface area contributed by atoms with Crippen molar-refractivity contribution in [3.05, 3.63) is 59.7 Å². The van der Waals surface area contributed by atoms with Crippen LogP contribution in [0.25, 0.3) is 11.1 Å². The fourth-order valence-corrected chi connectivity index (χ4v) is 4.54. The molecule has 0 saturated carbocycles. The molecule has 0 radical (unpaired) electrons. The van der Waals surface area contributed by atoms with Gasteiger partial charge in [0.25, 0.3) is 0 Å². The van der Waals surface area contributed by atoms with Gasteiger partial charge in [-0.2, -0.15) is 0 Å². The number of hydrogen-bond acceptors (Lipinski definition) is 2. The highest BCUT2D eigenvalue weighted by Crippen LogP contribution is 2.46. The molecule has 2 aromatic rings. The van der Waals surface area contributed by atoms with E-state index in [1.807, 2.05) is 36.4 Å². The van der Waals surface area contributed by atoms with E-state index in [2.05, 4.69) is 12.1 Å². The van der Waals surface area contributed by atoms with Gasteiger partial charge in [0.15, 0.2) is 0 Å². The van der Waals surface area contributed by atoms with Crippen LogP contribution in [0.15, 0.2) is 48.5 Å². The Kier molecular flexibility index (Phi) is 3.88. The summed E-state index contributed by atoms with van der Waals surface area (Å²) in [6, 6.07) is 16.2. The summed E-state index contributed by atoms with van der Waals surface area (Å²) in [5.74, 6) is 0.162. The summed E-state index contributed by atoms with van der Waals surface area (Å²) < 4.78 is 12.7. The number of amides is 1. The molecule has 1 unspecified atom stereocenters. The van der Waals surface area contributed by atoms with Crippen LogP contribution in [0.3, 0.4) is 0 Å². The van der Waals surface area contributed by atoms with Crippen LogP contribution in [0.5, 0.6) is 0 Å². The average Bonchev–Trinajstić information content (AvgIpc) is 2.81. The first-order chi connectivity index (χ1) is 10.2. The minimum Gasteiger partial charge on any atom is -0.370 e. The Bertz CT molecular complexity index is 666. The minimum atomic E-state index is -1.04. The van der Waals surface area contributed by atoms with Crippen LogP contribution in [-0.2, 0) is 15.6 Å². The normalized spacial score (nSPS) is 14.5. The Morgan fingerprint density at radius 2 is 1.52 bits per heavy atom. The summed E-state index contributed by atoms with van der Waals surface area (Å²) >= 11 is 0. The van der Waals surface area contributed by atoms with E-state index in [0.717, 1.165) is 11.1 Å². The third-order valence-electron chi connectivity index (χ3n) is 3.81. The zero-order valence-corrected chi connectivity index (χ0v) is 12.4. The number of hydrogen-bond donors (Lipinski definition) is 1. The summed E-state index contributed by atoms with van der Waals surface area (Å²) in [4.78, 5) is 10.8. The standard InChI is InChI=1S/C17H17NO2S/c18-16(19)10-5-11-21(20)17-14-8-3-1-6-12(14)13-7-2-4-9-15(13)17/h1-4,6-9,17H,5,10-11H2,(H2,18,19). The van der Waals surface area contributed by atoms with E-state index in [1.165, 1.54) is 11.1 Å². The number of rotatable bonds is 5. The number of fused-ring (bicyclic) bond motifs is 3. The van der Waals surface area contributed by atoms with Crippen LogP contribution in [0.1, 0.15) is 29.2 Å². The Labute approximate surface area is 126 Å². The second kappa shape index (κ2) is 5.82. The number of carbonyl (C=O) groups excluding carboxylic acids is 1. The maximum Gasteiger partial charge on any atom is 0.217 e. The maximum atomic E-state index is 12.7. The fraction of sp³-hybridized carbons (Fsp3) is 0.235. The lowest BCUT2D eigenvalue weighted by Crippen LogP contribution is -2.14. The van der Waals surface area contributed by atoms with E-state index in [9.17, 15) is 9.00 Å². The first-order valence-corrected chi connectivity index (χ1v) is 8.40. The van der Waals surface area contributed by atoms with E-state index in [0.29, 0.717) is 18.6 Å². The summed E-state index contributed by atoms with van der Waals surface area (Å²) in [7, 11) is -1.04. The Hall–Kier alpha value is -1.94. The van der Waals surface area contributed by atoms with Gasteiger partial charge in [0, 0.05) is 23.0 Å². The highest BCUT2D eigenvalue weighted by Gasteiger charge is 2.31. The highest BCUT2D eigenvalue weighted by molar-refractivity contribution is 7.85. The summed E-state index contributed by atoms with van der Waals surface area (Å²) in [6.07, 6.45) is 0.866. The second-order valence-corrected chi connectivity index (χ2v) is 6.85. The summed E-state index contributed by atoms with van der Waals surface area (Å²) in [6.45, 7) is 0. The molecule has 0 aliphatic heterocycles. The van der Waals surface area contributed by atoms with Crippen LogP contribution in [0.4, 0.5) is 0 Å². The van der Waals surface area contributed by atoms with Gasteiger partial charge >= 0.3 is 0 Å². The molecule has 1 aliphatic carbocycles. The molecular weight excluding hydrogens is 282 g/mol. The van der Waals surface area contributed by atoms with Gasteiger partial charge < -0.3 is 5.73 Å². The molecule has 2 N–H and O–H groups in total. The van der Waals surface area contributed by atoms with Gasteiger partial charge in [0.1, 0.15) is 0 Å². The van der Waals surface area contributed by atoms with Crippen molar-refractivity contribution < 1.29 is 9.00 Å². The molecule has 1 amide bonds. The van der Waals surface area contributed by atoms with Crippen molar-refractivity contribution in [2.24, 2.45) is 5.73 Å². The average molecular weight is 299 g/mol. The van der Waals surface area contributed by atoms with Crippen LogP contribution >= 0.6 is 0 Å². The van der Waals surface area contributed by atoms with Crippen LogP contribution in [-0.4, -0.2) is 15.9 Å². The number of primary amides is 1. The van der Waals surface area contributed by atoms with Crippen molar-refractivity contribution in [2.45, 2.75) is 18.1 Å². The van der Waals surface area contributed by atoms with Crippen molar-refractivity contribution >= 4 is 16.7 Å². The van der Waals surface area contributed by atoms with Crippen LogP contribution in [0, 0.1) is 0 Å². The molecule has 3 nitrogen and oxygen atoms in total. The van der Waals surface area contributed by atoms with Crippen LogP contribution in [0.2, 0.25) is 0 Å². The molecule has 2 aromatic carbocycles.